The number of anilines is 2. The summed E-state index contributed by atoms with van der Waals surface area (Å²) in [6, 6.07) is 5.50. The van der Waals surface area contributed by atoms with E-state index in [1.165, 1.54) is 6.20 Å². The number of hydrogen-bond acceptors (Lipinski definition) is 4. The van der Waals surface area contributed by atoms with Gasteiger partial charge in [-0.1, -0.05) is 6.07 Å². The van der Waals surface area contributed by atoms with Gasteiger partial charge in [0.05, 0.1) is 24.7 Å². The minimum Gasteiger partial charge on any atom is -0.495 e. The molecule has 6 nitrogen and oxygen atoms in total. The van der Waals surface area contributed by atoms with Crippen LogP contribution in [0.3, 0.4) is 0 Å². The van der Waals surface area contributed by atoms with Gasteiger partial charge in [-0.2, -0.15) is 5.10 Å². The molecule has 6 heteroatoms. The van der Waals surface area contributed by atoms with Gasteiger partial charge in [0, 0.05) is 0 Å². The average Bonchev–Trinajstić information content (AvgIpc) is 2.77. The van der Waals surface area contributed by atoms with Crippen molar-refractivity contribution in [1.29, 1.82) is 0 Å². The average molecular weight is 246 g/mol. The van der Waals surface area contributed by atoms with E-state index < -0.39 is 0 Å². The van der Waals surface area contributed by atoms with E-state index in [4.69, 9.17) is 10.5 Å². The summed E-state index contributed by atoms with van der Waals surface area (Å²) in [5.41, 5.74) is 7.77. The SMILES string of the molecule is COc1cc(C)ccc1NC(=O)c1[nH]ncc1N. The zero-order valence-corrected chi connectivity index (χ0v) is 10.2. The van der Waals surface area contributed by atoms with Crippen molar-refractivity contribution in [3.8, 4) is 5.75 Å². The van der Waals surface area contributed by atoms with Crippen LogP contribution in [0.25, 0.3) is 0 Å². The molecule has 94 valence electrons. The Morgan fingerprint density at radius 2 is 2.28 bits per heavy atom. The molecule has 2 rings (SSSR count). The summed E-state index contributed by atoms with van der Waals surface area (Å²) >= 11 is 0. The number of H-pyrrole nitrogens is 1. The lowest BCUT2D eigenvalue weighted by atomic mass is 10.2. The summed E-state index contributed by atoms with van der Waals surface area (Å²) in [5.74, 6) is 0.244. The number of aryl methyl sites for hydroxylation is 1. The third kappa shape index (κ3) is 2.27. The summed E-state index contributed by atoms with van der Waals surface area (Å²) in [7, 11) is 1.55. The highest BCUT2D eigenvalue weighted by Crippen LogP contribution is 2.25. The molecule has 0 aliphatic carbocycles. The van der Waals surface area contributed by atoms with E-state index in [2.05, 4.69) is 15.5 Å². The molecule has 0 atom stereocenters. The molecule has 0 aliphatic rings. The number of rotatable bonds is 3. The minimum absolute atomic E-state index is 0.234. The van der Waals surface area contributed by atoms with E-state index in [-0.39, 0.29) is 11.6 Å². The van der Waals surface area contributed by atoms with Gasteiger partial charge in [0.25, 0.3) is 5.91 Å². The van der Waals surface area contributed by atoms with Gasteiger partial charge in [-0.3, -0.25) is 9.89 Å². The van der Waals surface area contributed by atoms with Gasteiger partial charge in [-0.15, -0.1) is 0 Å². The van der Waals surface area contributed by atoms with Crippen molar-refractivity contribution >= 4 is 17.3 Å². The lowest BCUT2D eigenvalue weighted by Gasteiger charge is -2.10. The van der Waals surface area contributed by atoms with Gasteiger partial charge in [0.15, 0.2) is 0 Å². The van der Waals surface area contributed by atoms with Crippen molar-refractivity contribution in [2.24, 2.45) is 0 Å². The maximum absolute atomic E-state index is 11.9. The Morgan fingerprint density at radius 3 is 2.89 bits per heavy atom. The van der Waals surface area contributed by atoms with Crippen LogP contribution in [0.4, 0.5) is 11.4 Å². The Labute approximate surface area is 104 Å². The molecule has 0 aliphatic heterocycles. The van der Waals surface area contributed by atoms with Crippen LogP contribution >= 0.6 is 0 Å². The number of nitrogens with one attached hydrogen (secondary N) is 2. The van der Waals surface area contributed by atoms with Crippen LogP contribution in [-0.2, 0) is 0 Å². The number of aromatic nitrogens is 2. The number of nitrogens with two attached hydrogens (primary N) is 1. The smallest absolute Gasteiger partial charge is 0.275 e. The molecular weight excluding hydrogens is 232 g/mol. The monoisotopic (exact) mass is 246 g/mol. The van der Waals surface area contributed by atoms with Crippen molar-refractivity contribution in [3.63, 3.8) is 0 Å². The van der Waals surface area contributed by atoms with Crippen LogP contribution in [0.2, 0.25) is 0 Å². The molecule has 1 amide bonds. The highest BCUT2D eigenvalue weighted by Gasteiger charge is 2.14. The van der Waals surface area contributed by atoms with Gasteiger partial charge >= 0.3 is 0 Å². The molecule has 18 heavy (non-hydrogen) atoms. The van der Waals surface area contributed by atoms with Gasteiger partial charge in [-0.25, -0.2) is 0 Å². The molecule has 0 spiro atoms. The molecule has 0 bridgehead atoms. The molecule has 1 aromatic heterocycles. The minimum atomic E-state index is -0.354. The quantitative estimate of drug-likeness (QED) is 0.766. The summed E-state index contributed by atoms with van der Waals surface area (Å²) in [6.07, 6.45) is 1.39. The Hall–Kier alpha value is -2.50. The maximum atomic E-state index is 11.9. The van der Waals surface area contributed by atoms with Crippen LogP contribution in [0.1, 0.15) is 16.1 Å². The molecule has 1 aromatic carbocycles. The lowest BCUT2D eigenvalue weighted by molar-refractivity contribution is 0.102. The van der Waals surface area contributed by atoms with E-state index in [1.807, 2.05) is 19.1 Å². The Kier molecular flexibility index (Phi) is 3.18. The number of carbonyl (C=O) groups excluding carboxylic acids is 1. The number of amides is 1. The lowest BCUT2D eigenvalue weighted by Crippen LogP contribution is -2.14. The number of carbonyl (C=O) groups is 1. The molecule has 0 fully saturated rings. The van der Waals surface area contributed by atoms with Crippen LogP contribution in [0.15, 0.2) is 24.4 Å². The van der Waals surface area contributed by atoms with Crippen molar-refractivity contribution in [3.05, 3.63) is 35.7 Å². The van der Waals surface area contributed by atoms with Gasteiger partial charge in [0.2, 0.25) is 0 Å². The third-order valence-electron chi connectivity index (χ3n) is 2.50. The summed E-state index contributed by atoms with van der Waals surface area (Å²) in [5, 5.41) is 8.96. The number of methoxy groups -OCH3 is 1. The number of hydrogen-bond donors (Lipinski definition) is 3. The topological polar surface area (TPSA) is 93.0 Å². The number of nitrogen functional groups attached to an aromatic ring is 1. The second-order valence-corrected chi connectivity index (χ2v) is 3.86. The van der Waals surface area contributed by atoms with Crippen LogP contribution in [-0.4, -0.2) is 23.2 Å². The van der Waals surface area contributed by atoms with Crippen LogP contribution in [0.5, 0.6) is 5.75 Å². The molecule has 1 heterocycles. The summed E-state index contributed by atoms with van der Waals surface area (Å²) < 4.78 is 5.20. The fraction of sp³-hybridized carbons (Fsp3) is 0.167. The fourth-order valence-electron chi connectivity index (χ4n) is 1.56. The highest BCUT2D eigenvalue weighted by atomic mass is 16.5. The molecule has 0 radical (unpaired) electrons. The predicted octanol–water partition coefficient (Wildman–Crippen LogP) is 1.56. The zero-order valence-electron chi connectivity index (χ0n) is 10.2. The second kappa shape index (κ2) is 4.79. The van der Waals surface area contributed by atoms with Crippen molar-refractivity contribution in [1.82, 2.24) is 10.2 Å². The molecule has 0 saturated heterocycles. The van der Waals surface area contributed by atoms with Gasteiger partial charge in [0.1, 0.15) is 11.4 Å². The van der Waals surface area contributed by atoms with E-state index in [0.717, 1.165) is 5.56 Å². The number of benzene rings is 1. The number of ether oxygens (including phenoxy) is 1. The molecule has 0 unspecified atom stereocenters. The largest absolute Gasteiger partial charge is 0.495 e. The molecular formula is C12H14N4O2. The molecule has 0 saturated carbocycles. The first-order valence-corrected chi connectivity index (χ1v) is 5.36. The number of nitrogens with zero attached hydrogens (tertiary/aromatic N) is 1. The van der Waals surface area contributed by atoms with Crippen molar-refractivity contribution in [2.75, 3.05) is 18.2 Å². The Morgan fingerprint density at radius 1 is 1.50 bits per heavy atom. The third-order valence-corrected chi connectivity index (χ3v) is 2.50. The normalized spacial score (nSPS) is 10.1. The first-order valence-electron chi connectivity index (χ1n) is 5.36. The Balaban J connectivity index is 2.24. The van der Waals surface area contributed by atoms with E-state index in [1.54, 1.807) is 13.2 Å². The van der Waals surface area contributed by atoms with E-state index >= 15 is 0 Å². The first-order chi connectivity index (χ1) is 8.61. The molecule has 2 aromatic rings. The van der Waals surface area contributed by atoms with Crippen LogP contribution < -0.4 is 15.8 Å². The van der Waals surface area contributed by atoms with Crippen molar-refractivity contribution in [2.45, 2.75) is 6.92 Å². The van der Waals surface area contributed by atoms with E-state index in [9.17, 15) is 4.79 Å². The molecule has 4 N–H and O–H groups in total. The standard InChI is InChI=1S/C12H14N4O2/c1-7-3-4-9(10(5-7)18-2)15-12(17)11-8(13)6-14-16-11/h3-6H,13H2,1-2H3,(H,14,16)(H,15,17). The predicted molar refractivity (Wildman–Crippen MR) is 68.7 cm³/mol. The Bertz CT molecular complexity index is 577. The second-order valence-electron chi connectivity index (χ2n) is 3.86. The fourth-order valence-corrected chi connectivity index (χ4v) is 1.56. The first kappa shape index (κ1) is 12.0. The zero-order chi connectivity index (χ0) is 13.1. The number of aromatic amines is 1. The maximum Gasteiger partial charge on any atom is 0.275 e. The highest BCUT2D eigenvalue weighted by molar-refractivity contribution is 6.06. The summed E-state index contributed by atoms with van der Waals surface area (Å²) in [6.45, 7) is 1.95. The summed E-state index contributed by atoms with van der Waals surface area (Å²) in [4.78, 5) is 11.9. The van der Waals surface area contributed by atoms with E-state index in [0.29, 0.717) is 17.1 Å². The van der Waals surface area contributed by atoms with Crippen LogP contribution in [0, 0.1) is 6.92 Å². The van der Waals surface area contributed by atoms with Crippen molar-refractivity contribution < 1.29 is 9.53 Å². The van der Waals surface area contributed by atoms with Gasteiger partial charge < -0.3 is 15.8 Å². The van der Waals surface area contributed by atoms with Gasteiger partial charge in [-0.05, 0) is 24.6 Å².